The first-order chi connectivity index (χ1) is 8.86. The lowest BCUT2D eigenvalue weighted by Crippen LogP contribution is -2.47. The maximum Gasteiger partial charge on any atom is 0.326 e. The summed E-state index contributed by atoms with van der Waals surface area (Å²) in [7, 11) is 1.48. The number of rotatable bonds is 5. The molecule has 0 fully saturated rings. The zero-order chi connectivity index (χ0) is 14.6. The highest BCUT2D eigenvalue weighted by Crippen LogP contribution is 2.17. The molecular weight excluding hydrogens is 266 g/mol. The zero-order valence-corrected chi connectivity index (χ0v) is 12.3. The lowest BCUT2D eigenvalue weighted by atomic mass is 10.2. The van der Waals surface area contributed by atoms with E-state index in [9.17, 15) is 9.59 Å². The van der Waals surface area contributed by atoms with Crippen LogP contribution in [0, 0.1) is 6.92 Å². The van der Waals surface area contributed by atoms with Crippen molar-refractivity contribution in [3.05, 3.63) is 16.1 Å². The quantitative estimate of drug-likeness (QED) is 0.867. The van der Waals surface area contributed by atoms with E-state index >= 15 is 0 Å². The molecule has 0 aliphatic heterocycles. The number of hydrogen-bond donors (Lipinski definition) is 2. The fraction of sp³-hybridized carbons (Fsp3) is 0.583. The first kappa shape index (κ1) is 15.4. The number of amides is 2. The smallest absolute Gasteiger partial charge is 0.326 e. The predicted molar refractivity (Wildman–Crippen MR) is 73.3 cm³/mol. The Morgan fingerprint density at radius 3 is 2.63 bits per heavy atom. The Hall–Kier alpha value is -1.63. The third-order valence-electron chi connectivity index (χ3n) is 2.81. The number of aliphatic carboxylic acids is 1. The van der Waals surface area contributed by atoms with E-state index < -0.39 is 18.0 Å². The van der Waals surface area contributed by atoms with E-state index in [-0.39, 0.29) is 6.04 Å². The summed E-state index contributed by atoms with van der Waals surface area (Å²) in [5.41, 5.74) is 0.909. The van der Waals surface area contributed by atoms with Gasteiger partial charge in [0.05, 0.1) is 6.04 Å². The zero-order valence-electron chi connectivity index (χ0n) is 11.5. The molecular formula is C12H19N3O3S. The van der Waals surface area contributed by atoms with Crippen LogP contribution >= 0.6 is 11.3 Å². The molecule has 0 radical (unpaired) electrons. The van der Waals surface area contributed by atoms with Gasteiger partial charge in [0.1, 0.15) is 11.0 Å². The van der Waals surface area contributed by atoms with Crippen molar-refractivity contribution in [1.82, 2.24) is 15.2 Å². The van der Waals surface area contributed by atoms with Crippen LogP contribution in [0.2, 0.25) is 0 Å². The highest BCUT2D eigenvalue weighted by molar-refractivity contribution is 7.09. The summed E-state index contributed by atoms with van der Waals surface area (Å²) in [5, 5.41) is 14.5. The lowest BCUT2D eigenvalue weighted by Gasteiger charge is -2.25. The molecule has 1 heterocycles. The van der Waals surface area contributed by atoms with Gasteiger partial charge in [-0.1, -0.05) is 6.92 Å². The number of urea groups is 1. The van der Waals surface area contributed by atoms with Gasteiger partial charge in [0.15, 0.2) is 0 Å². The number of thiazole rings is 1. The Kier molecular flexibility index (Phi) is 5.29. The van der Waals surface area contributed by atoms with Crippen molar-refractivity contribution in [2.24, 2.45) is 0 Å². The molecule has 2 N–H and O–H groups in total. The van der Waals surface area contributed by atoms with E-state index in [2.05, 4.69) is 10.3 Å². The fourth-order valence-electron chi connectivity index (χ4n) is 1.68. The van der Waals surface area contributed by atoms with Crippen LogP contribution in [0.5, 0.6) is 0 Å². The summed E-state index contributed by atoms with van der Waals surface area (Å²) in [5.74, 6) is -1.00. The van der Waals surface area contributed by atoms with Gasteiger partial charge in [-0.05, 0) is 20.3 Å². The average molecular weight is 285 g/mol. The van der Waals surface area contributed by atoms with Crippen LogP contribution in [0.4, 0.5) is 4.79 Å². The minimum absolute atomic E-state index is 0.236. The number of hydrogen-bond acceptors (Lipinski definition) is 4. The van der Waals surface area contributed by atoms with Crippen LogP contribution < -0.4 is 5.32 Å². The molecule has 0 saturated heterocycles. The fourth-order valence-corrected chi connectivity index (χ4v) is 2.48. The topological polar surface area (TPSA) is 82.5 Å². The second kappa shape index (κ2) is 6.51. The van der Waals surface area contributed by atoms with Crippen LogP contribution in [0.15, 0.2) is 5.38 Å². The van der Waals surface area contributed by atoms with Crippen molar-refractivity contribution in [3.8, 4) is 0 Å². The average Bonchev–Trinajstić information content (AvgIpc) is 2.76. The highest BCUT2D eigenvalue weighted by Gasteiger charge is 2.26. The number of nitrogens with zero attached hydrogens (tertiary/aromatic N) is 2. The Balaban J connectivity index is 2.66. The molecule has 1 rings (SSSR count). The van der Waals surface area contributed by atoms with Gasteiger partial charge in [0.25, 0.3) is 0 Å². The third kappa shape index (κ3) is 3.92. The summed E-state index contributed by atoms with van der Waals surface area (Å²) in [4.78, 5) is 28.5. The molecule has 7 heteroatoms. The number of aromatic nitrogens is 1. The van der Waals surface area contributed by atoms with Gasteiger partial charge in [0, 0.05) is 18.1 Å². The van der Waals surface area contributed by atoms with Gasteiger partial charge in [-0.2, -0.15) is 0 Å². The maximum atomic E-state index is 12.0. The first-order valence-corrected chi connectivity index (χ1v) is 6.92. The number of likely N-dealkylation sites (N-methyl/N-ethyl adjacent to an activating group) is 1. The molecule has 0 aliphatic carbocycles. The molecule has 0 aromatic carbocycles. The summed E-state index contributed by atoms with van der Waals surface area (Å²) >= 11 is 1.47. The Morgan fingerprint density at radius 2 is 2.21 bits per heavy atom. The second-order valence-corrected chi connectivity index (χ2v) is 5.26. The Bertz CT molecular complexity index is 461. The number of carbonyl (C=O) groups is 2. The minimum Gasteiger partial charge on any atom is -0.480 e. The van der Waals surface area contributed by atoms with Gasteiger partial charge in [-0.3, -0.25) is 0 Å². The van der Waals surface area contributed by atoms with Gasteiger partial charge in [0.2, 0.25) is 0 Å². The molecule has 0 bridgehead atoms. The monoisotopic (exact) mass is 285 g/mol. The van der Waals surface area contributed by atoms with Gasteiger partial charge < -0.3 is 15.3 Å². The van der Waals surface area contributed by atoms with E-state index in [1.54, 1.807) is 6.92 Å². The number of carboxylic acid groups (broad SMARTS) is 1. The van der Waals surface area contributed by atoms with E-state index in [4.69, 9.17) is 5.11 Å². The van der Waals surface area contributed by atoms with Crippen molar-refractivity contribution in [2.45, 2.75) is 39.3 Å². The molecule has 106 valence electrons. The van der Waals surface area contributed by atoms with E-state index in [0.29, 0.717) is 6.42 Å². The van der Waals surface area contributed by atoms with Crippen molar-refractivity contribution in [1.29, 1.82) is 0 Å². The molecule has 6 nitrogen and oxygen atoms in total. The standard InChI is InChI=1S/C12H19N3O3S/c1-5-9(11(16)17)15(4)12(18)14-8(3)10-13-7(2)6-19-10/h6,8-9H,5H2,1-4H3,(H,14,18)(H,16,17). The van der Waals surface area contributed by atoms with Crippen LogP contribution in [0.25, 0.3) is 0 Å². The molecule has 0 spiro atoms. The molecule has 1 aromatic rings. The molecule has 2 amide bonds. The SMILES string of the molecule is CCC(C(=O)O)N(C)C(=O)NC(C)c1nc(C)cs1. The summed E-state index contributed by atoms with van der Waals surface area (Å²) in [6.07, 6.45) is 0.365. The minimum atomic E-state index is -1.00. The highest BCUT2D eigenvalue weighted by atomic mass is 32.1. The van der Waals surface area contributed by atoms with Gasteiger partial charge >= 0.3 is 12.0 Å². The van der Waals surface area contributed by atoms with Crippen molar-refractivity contribution < 1.29 is 14.7 Å². The Labute approximate surface area is 116 Å². The summed E-state index contributed by atoms with van der Waals surface area (Å²) < 4.78 is 0. The normalized spacial score (nSPS) is 13.7. The lowest BCUT2D eigenvalue weighted by molar-refractivity contribution is -0.141. The van der Waals surface area contributed by atoms with Crippen molar-refractivity contribution in [2.75, 3.05) is 7.05 Å². The van der Waals surface area contributed by atoms with Crippen LogP contribution in [-0.4, -0.2) is 40.1 Å². The van der Waals surface area contributed by atoms with E-state index in [1.165, 1.54) is 23.3 Å². The predicted octanol–water partition coefficient (Wildman–Crippen LogP) is 2.02. The number of carboxylic acids is 1. The molecule has 0 aliphatic rings. The second-order valence-electron chi connectivity index (χ2n) is 4.37. The number of nitrogens with one attached hydrogen (secondary N) is 1. The maximum absolute atomic E-state index is 12.0. The summed E-state index contributed by atoms with van der Waals surface area (Å²) in [6.45, 7) is 5.44. The molecule has 1 aromatic heterocycles. The van der Waals surface area contributed by atoms with Gasteiger partial charge in [-0.15, -0.1) is 11.3 Å². The van der Waals surface area contributed by atoms with Crippen LogP contribution in [0.1, 0.15) is 37.0 Å². The molecule has 0 saturated carbocycles. The van der Waals surface area contributed by atoms with E-state index in [0.717, 1.165) is 10.7 Å². The van der Waals surface area contributed by atoms with Crippen LogP contribution in [0.3, 0.4) is 0 Å². The first-order valence-electron chi connectivity index (χ1n) is 6.05. The number of aryl methyl sites for hydroxylation is 1. The molecule has 2 atom stereocenters. The largest absolute Gasteiger partial charge is 0.480 e. The molecule has 19 heavy (non-hydrogen) atoms. The Morgan fingerprint density at radius 1 is 1.58 bits per heavy atom. The molecule has 2 unspecified atom stereocenters. The van der Waals surface area contributed by atoms with Crippen molar-refractivity contribution in [3.63, 3.8) is 0 Å². The van der Waals surface area contributed by atoms with Gasteiger partial charge in [-0.25, -0.2) is 14.6 Å². The van der Waals surface area contributed by atoms with Crippen LogP contribution in [-0.2, 0) is 4.79 Å². The number of carbonyl (C=O) groups excluding carboxylic acids is 1. The summed E-state index contributed by atoms with van der Waals surface area (Å²) in [6, 6.07) is -1.46. The van der Waals surface area contributed by atoms with E-state index in [1.807, 2.05) is 19.2 Å². The van der Waals surface area contributed by atoms with Crippen molar-refractivity contribution >= 4 is 23.3 Å². The third-order valence-corrected chi connectivity index (χ3v) is 3.95.